The van der Waals surface area contributed by atoms with E-state index in [0.29, 0.717) is 0 Å². The zero-order valence-electron chi connectivity index (χ0n) is 15.7. The number of pyridine rings is 1. The predicted molar refractivity (Wildman–Crippen MR) is 109 cm³/mol. The molecule has 0 radical (unpaired) electrons. The van der Waals surface area contributed by atoms with Gasteiger partial charge in [0.2, 0.25) is 0 Å². The Morgan fingerprint density at radius 3 is 2.67 bits per heavy atom. The third-order valence-corrected chi connectivity index (χ3v) is 4.74. The molecule has 0 bridgehead atoms. The lowest BCUT2D eigenvalue weighted by Gasteiger charge is -2.13. The smallest absolute Gasteiger partial charge is 0.274 e. The van der Waals surface area contributed by atoms with Crippen LogP contribution in [-0.2, 0) is 0 Å². The fourth-order valence-electron chi connectivity index (χ4n) is 3.12. The van der Waals surface area contributed by atoms with E-state index in [9.17, 15) is 4.79 Å². The molecule has 3 rings (SSSR count). The molecule has 0 saturated heterocycles. The van der Waals surface area contributed by atoms with E-state index >= 15 is 0 Å². The van der Waals surface area contributed by atoms with Crippen molar-refractivity contribution < 1.29 is 4.79 Å². The molecule has 138 valence electrons. The third-order valence-electron chi connectivity index (χ3n) is 4.44. The van der Waals surface area contributed by atoms with Crippen LogP contribution >= 0.6 is 11.6 Å². The number of hydrazone groups is 1. The first kappa shape index (κ1) is 18.9. The molecule has 2 heterocycles. The van der Waals surface area contributed by atoms with E-state index in [2.05, 4.69) is 59.0 Å². The van der Waals surface area contributed by atoms with Crippen LogP contribution in [0, 0.1) is 27.7 Å². The zero-order chi connectivity index (χ0) is 19.6. The summed E-state index contributed by atoms with van der Waals surface area (Å²) in [5.74, 6) is -0.396. The number of hydrogen-bond donors (Lipinski definition) is 1. The number of aryl methyl sites for hydroxylation is 3. The molecule has 2 aromatic heterocycles. The maximum absolute atomic E-state index is 12.2. The van der Waals surface area contributed by atoms with Crippen molar-refractivity contribution in [2.75, 3.05) is 0 Å². The molecule has 6 heteroatoms. The Morgan fingerprint density at radius 1 is 1.19 bits per heavy atom. The molecular weight excluding hydrogens is 360 g/mol. The normalized spacial score (nSPS) is 11.1. The number of nitrogens with one attached hydrogen (secondary N) is 1. The van der Waals surface area contributed by atoms with E-state index in [4.69, 9.17) is 11.6 Å². The van der Waals surface area contributed by atoms with Crippen molar-refractivity contribution in [1.82, 2.24) is 15.0 Å². The molecule has 0 fully saturated rings. The van der Waals surface area contributed by atoms with Gasteiger partial charge >= 0.3 is 0 Å². The van der Waals surface area contributed by atoms with E-state index in [1.165, 1.54) is 17.3 Å². The number of benzene rings is 1. The zero-order valence-corrected chi connectivity index (χ0v) is 16.5. The minimum absolute atomic E-state index is 0.151. The lowest BCUT2D eigenvalue weighted by Crippen LogP contribution is -2.18. The summed E-state index contributed by atoms with van der Waals surface area (Å²) < 4.78 is 2.19. The van der Waals surface area contributed by atoms with Crippen LogP contribution in [0.4, 0.5) is 0 Å². The van der Waals surface area contributed by atoms with Crippen LogP contribution in [0.1, 0.15) is 38.4 Å². The standard InChI is InChI=1S/C21H21ClN4O/c1-13-7-8-19(14(2)10-13)26-15(3)11-17(16(26)4)12-24-25-21(27)18-6-5-9-23-20(18)22/h5-12H,1-4H3,(H,25,27). The minimum Gasteiger partial charge on any atom is -0.318 e. The van der Waals surface area contributed by atoms with Gasteiger partial charge in [-0.15, -0.1) is 0 Å². The van der Waals surface area contributed by atoms with Gasteiger partial charge in [0, 0.05) is 28.8 Å². The Hall–Kier alpha value is -2.92. The molecule has 0 saturated carbocycles. The lowest BCUT2D eigenvalue weighted by molar-refractivity contribution is 0.0955. The van der Waals surface area contributed by atoms with Gasteiger partial charge in [-0.1, -0.05) is 29.3 Å². The number of hydrogen-bond acceptors (Lipinski definition) is 3. The Labute approximate surface area is 163 Å². The third kappa shape index (κ3) is 3.93. The van der Waals surface area contributed by atoms with Crippen LogP contribution in [0.25, 0.3) is 5.69 Å². The molecule has 0 unspecified atom stereocenters. The highest BCUT2D eigenvalue weighted by molar-refractivity contribution is 6.32. The maximum atomic E-state index is 12.2. The fraction of sp³-hybridized carbons (Fsp3) is 0.190. The summed E-state index contributed by atoms with van der Waals surface area (Å²) in [5, 5.41) is 4.23. The molecular formula is C21H21ClN4O. The van der Waals surface area contributed by atoms with E-state index in [0.717, 1.165) is 22.6 Å². The molecule has 0 spiro atoms. The van der Waals surface area contributed by atoms with Gasteiger partial charge in [0.25, 0.3) is 5.91 Å². The fourth-order valence-corrected chi connectivity index (χ4v) is 3.33. The Balaban J connectivity index is 1.83. The van der Waals surface area contributed by atoms with Crippen molar-refractivity contribution in [1.29, 1.82) is 0 Å². The summed E-state index contributed by atoms with van der Waals surface area (Å²) in [6.45, 7) is 8.28. The van der Waals surface area contributed by atoms with Crippen LogP contribution < -0.4 is 5.43 Å². The molecule has 0 atom stereocenters. The van der Waals surface area contributed by atoms with Gasteiger partial charge in [-0.05, 0) is 57.5 Å². The molecule has 1 amide bonds. The van der Waals surface area contributed by atoms with Gasteiger partial charge in [-0.3, -0.25) is 4.79 Å². The molecule has 0 aliphatic rings. The lowest BCUT2D eigenvalue weighted by atomic mass is 10.1. The number of carbonyl (C=O) groups excluding carboxylic acids is 1. The second-order valence-electron chi connectivity index (χ2n) is 6.49. The van der Waals surface area contributed by atoms with Crippen LogP contribution in [0.15, 0.2) is 47.7 Å². The second-order valence-corrected chi connectivity index (χ2v) is 6.85. The summed E-state index contributed by atoms with van der Waals surface area (Å²) in [6.07, 6.45) is 3.18. The SMILES string of the molecule is Cc1ccc(-n2c(C)cc(C=NNC(=O)c3cccnc3Cl)c2C)c(C)c1. The minimum atomic E-state index is -0.396. The molecule has 27 heavy (non-hydrogen) atoms. The second kappa shape index (κ2) is 7.76. The number of aromatic nitrogens is 2. The van der Waals surface area contributed by atoms with Gasteiger partial charge in [0.15, 0.2) is 0 Å². The summed E-state index contributed by atoms with van der Waals surface area (Å²) in [7, 11) is 0. The van der Waals surface area contributed by atoms with Crippen molar-refractivity contribution in [3.8, 4) is 5.69 Å². The Morgan fingerprint density at radius 2 is 1.96 bits per heavy atom. The monoisotopic (exact) mass is 380 g/mol. The average Bonchev–Trinajstić information content (AvgIpc) is 2.89. The quantitative estimate of drug-likeness (QED) is 0.411. The highest BCUT2D eigenvalue weighted by Crippen LogP contribution is 2.23. The molecule has 0 aliphatic heterocycles. The van der Waals surface area contributed by atoms with Gasteiger partial charge in [-0.2, -0.15) is 5.10 Å². The molecule has 0 aliphatic carbocycles. The van der Waals surface area contributed by atoms with Crippen molar-refractivity contribution in [2.24, 2.45) is 5.10 Å². The first-order valence-electron chi connectivity index (χ1n) is 8.59. The summed E-state index contributed by atoms with van der Waals surface area (Å²) in [5.41, 5.74) is 9.46. The summed E-state index contributed by atoms with van der Waals surface area (Å²) in [6, 6.07) is 11.7. The van der Waals surface area contributed by atoms with Crippen molar-refractivity contribution in [3.05, 3.63) is 81.4 Å². The molecule has 5 nitrogen and oxygen atoms in total. The summed E-state index contributed by atoms with van der Waals surface area (Å²) in [4.78, 5) is 16.0. The van der Waals surface area contributed by atoms with E-state index in [1.807, 2.05) is 13.0 Å². The molecule has 1 N–H and O–H groups in total. The van der Waals surface area contributed by atoms with Gasteiger partial charge in [0.05, 0.1) is 11.8 Å². The average molecular weight is 381 g/mol. The highest BCUT2D eigenvalue weighted by Gasteiger charge is 2.12. The number of amides is 1. The number of nitrogens with zero attached hydrogens (tertiary/aromatic N) is 3. The maximum Gasteiger partial charge on any atom is 0.274 e. The van der Waals surface area contributed by atoms with Crippen molar-refractivity contribution >= 4 is 23.7 Å². The van der Waals surface area contributed by atoms with E-state index in [1.54, 1.807) is 18.3 Å². The van der Waals surface area contributed by atoms with E-state index in [-0.39, 0.29) is 10.7 Å². The molecule has 3 aromatic rings. The van der Waals surface area contributed by atoms with Crippen LogP contribution in [-0.4, -0.2) is 21.7 Å². The van der Waals surface area contributed by atoms with Crippen molar-refractivity contribution in [2.45, 2.75) is 27.7 Å². The number of halogens is 1. The Bertz CT molecular complexity index is 1040. The van der Waals surface area contributed by atoms with Gasteiger partial charge in [0.1, 0.15) is 5.15 Å². The van der Waals surface area contributed by atoms with Gasteiger partial charge < -0.3 is 4.57 Å². The van der Waals surface area contributed by atoms with Crippen molar-refractivity contribution in [3.63, 3.8) is 0 Å². The largest absolute Gasteiger partial charge is 0.318 e. The number of rotatable bonds is 4. The van der Waals surface area contributed by atoms with Crippen LogP contribution in [0.3, 0.4) is 0 Å². The highest BCUT2D eigenvalue weighted by atomic mass is 35.5. The van der Waals surface area contributed by atoms with Gasteiger partial charge in [-0.25, -0.2) is 10.4 Å². The Kier molecular flexibility index (Phi) is 5.42. The van der Waals surface area contributed by atoms with Crippen LogP contribution in [0.5, 0.6) is 0 Å². The van der Waals surface area contributed by atoms with E-state index < -0.39 is 5.91 Å². The van der Waals surface area contributed by atoms with Crippen LogP contribution in [0.2, 0.25) is 5.15 Å². The first-order chi connectivity index (χ1) is 12.9. The summed E-state index contributed by atoms with van der Waals surface area (Å²) >= 11 is 5.93. The molecule has 1 aromatic carbocycles. The predicted octanol–water partition coefficient (Wildman–Crippen LogP) is 4.52. The number of carbonyl (C=O) groups is 1. The topological polar surface area (TPSA) is 59.3 Å². The first-order valence-corrected chi connectivity index (χ1v) is 8.96.